The summed E-state index contributed by atoms with van der Waals surface area (Å²) in [6, 6.07) is 4.01. The predicted molar refractivity (Wildman–Crippen MR) is 90.6 cm³/mol. The molecule has 0 saturated carbocycles. The number of fused-ring (bicyclic) bond motifs is 1. The fourth-order valence-corrected chi connectivity index (χ4v) is 3.80. The summed E-state index contributed by atoms with van der Waals surface area (Å²) in [5, 5.41) is 0. The lowest BCUT2D eigenvalue weighted by Crippen LogP contribution is -2.59. The van der Waals surface area contributed by atoms with Gasteiger partial charge in [0.2, 0.25) is 0 Å². The topological polar surface area (TPSA) is 54.9 Å². The van der Waals surface area contributed by atoms with E-state index in [4.69, 9.17) is 9.47 Å². The number of likely N-dealkylation sites (tertiary alicyclic amines) is 1. The van der Waals surface area contributed by atoms with Crippen LogP contribution in [0.3, 0.4) is 0 Å². The Balaban J connectivity index is 1.66. The van der Waals surface area contributed by atoms with E-state index in [2.05, 4.69) is 4.98 Å². The maximum Gasteiger partial charge on any atom is 0.319 e. The second-order valence-corrected chi connectivity index (χ2v) is 7.07. The molecule has 132 valence electrons. The maximum atomic E-state index is 12.4. The van der Waals surface area contributed by atoms with Crippen molar-refractivity contribution in [1.29, 1.82) is 0 Å². The van der Waals surface area contributed by atoms with Gasteiger partial charge in [0, 0.05) is 51.6 Å². The van der Waals surface area contributed by atoms with Crippen LogP contribution in [-0.4, -0.2) is 67.3 Å². The van der Waals surface area contributed by atoms with Crippen LogP contribution < -0.4 is 0 Å². The number of aromatic nitrogens is 1. The molecule has 2 atom stereocenters. The summed E-state index contributed by atoms with van der Waals surface area (Å²) in [6.45, 7) is 3.44. The second kappa shape index (κ2) is 7.49. The lowest BCUT2D eigenvalue weighted by atomic mass is 9.73. The highest BCUT2D eigenvalue weighted by molar-refractivity contribution is 5.74. The summed E-state index contributed by atoms with van der Waals surface area (Å²) in [5.74, 6) is 0. The zero-order valence-electron chi connectivity index (χ0n) is 14.6. The van der Waals surface area contributed by atoms with Crippen molar-refractivity contribution < 1.29 is 14.3 Å². The van der Waals surface area contributed by atoms with E-state index in [0.717, 1.165) is 38.0 Å². The van der Waals surface area contributed by atoms with Gasteiger partial charge in [-0.3, -0.25) is 4.98 Å². The van der Waals surface area contributed by atoms with E-state index in [1.54, 1.807) is 25.2 Å². The van der Waals surface area contributed by atoms with Gasteiger partial charge in [0.05, 0.1) is 19.3 Å². The third-order valence-electron chi connectivity index (χ3n) is 5.02. The molecule has 3 rings (SSSR count). The Bertz CT molecular complexity index is 552. The van der Waals surface area contributed by atoms with Crippen molar-refractivity contribution in [3.8, 4) is 0 Å². The van der Waals surface area contributed by atoms with Gasteiger partial charge in [-0.2, -0.15) is 0 Å². The van der Waals surface area contributed by atoms with Gasteiger partial charge >= 0.3 is 6.03 Å². The highest BCUT2D eigenvalue weighted by atomic mass is 16.5. The average Bonchev–Trinajstić information content (AvgIpc) is 2.61. The van der Waals surface area contributed by atoms with Crippen molar-refractivity contribution in [1.82, 2.24) is 14.8 Å². The summed E-state index contributed by atoms with van der Waals surface area (Å²) in [5.41, 5.74) is 0.976. The first kappa shape index (κ1) is 17.2. The molecule has 2 amide bonds. The third kappa shape index (κ3) is 3.70. The van der Waals surface area contributed by atoms with E-state index < -0.39 is 0 Å². The summed E-state index contributed by atoms with van der Waals surface area (Å²) in [7, 11) is 3.61. The van der Waals surface area contributed by atoms with Crippen molar-refractivity contribution in [3.63, 3.8) is 0 Å². The summed E-state index contributed by atoms with van der Waals surface area (Å²) in [6.07, 6.45) is 6.73. The Morgan fingerprint density at radius 2 is 2.42 bits per heavy atom. The number of pyridine rings is 1. The van der Waals surface area contributed by atoms with Gasteiger partial charge in [0.25, 0.3) is 0 Å². The molecule has 2 saturated heterocycles. The predicted octanol–water partition coefficient (Wildman–Crippen LogP) is 2.15. The minimum atomic E-state index is -0.0929. The van der Waals surface area contributed by atoms with E-state index in [0.29, 0.717) is 19.8 Å². The van der Waals surface area contributed by atoms with Gasteiger partial charge in [-0.05, 0) is 30.9 Å². The molecule has 2 aliphatic rings. The van der Waals surface area contributed by atoms with Crippen molar-refractivity contribution in [2.45, 2.75) is 32.0 Å². The molecule has 0 aliphatic carbocycles. The van der Waals surface area contributed by atoms with Crippen LogP contribution in [-0.2, 0) is 16.1 Å². The molecule has 2 aliphatic heterocycles. The van der Waals surface area contributed by atoms with Gasteiger partial charge < -0.3 is 19.3 Å². The summed E-state index contributed by atoms with van der Waals surface area (Å²) >= 11 is 0. The molecule has 6 heteroatoms. The maximum absolute atomic E-state index is 12.4. The van der Waals surface area contributed by atoms with Crippen LogP contribution >= 0.6 is 0 Å². The quantitative estimate of drug-likeness (QED) is 0.847. The van der Waals surface area contributed by atoms with E-state index in [1.807, 2.05) is 23.2 Å². The molecule has 0 spiro atoms. The molecule has 2 fully saturated rings. The lowest BCUT2D eigenvalue weighted by molar-refractivity contribution is -0.149. The monoisotopic (exact) mass is 333 g/mol. The number of carbonyl (C=O) groups excluding carboxylic acids is 1. The molecule has 0 bridgehead atoms. The van der Waals surface area contributed by atoms with Crippen molar-refractivity contribution in [2.24, 2.45) is 5.41 Å². The van der Waals surface area contributed by atoms with Crippen molar-refractivity contribution in [2.75, 3.05) is 40.4 Å². The molecule has 0 radical (unpaired) electrons. The van der Waals surface area contributed by atoms with Crippen LogP contribution in [0.5, 0.6) is 0 Å². The van der Waals surface area contributed by atoms with Gasteiger partial charge in [-0.25, -0.2) is 4.79 Å². The molecular weight excluding hydrogens is 306 g/mol. The largest absolute Gasteiger partial charge is 0.377 e. The molecule has 0 unspecified atom stereocenters. The number of nitrogens with zero attached hydrogens (tertiary/aromatic N) is 3. The highest BCUT2D eigenvalue weighted by Gasteiger charge is 2.47. The molecule has 24 heavy (non-hydrogen) atoms. The number of carbonyl (C=O) groups is 1. The summed E-state index contributed by atoms with van der Waals surface area (Å²) < 4.78 is 12.1. The third-order valence-corrected chi connectivity index (χ3v) is 5.02. The molecule has 0 N–H and O–H groups in total. The minimum absolute atomic E-state index is 0.0747. The van der Waals surface area contributed by atoms with Crippen LogP contribution in [0.15, 0.2) is 24.5 Å². The molecule has 1 aromatic rings. The second-order valence-electron chi connectivity index (χ2n) is 7.07. The van der Waals surface area contributed by atoms with Crippen LogP contribution in [0.25, 0.3) is 0 Å². The van der Waals surface area contributed by atoms with E-state index in [1.165, 1.54) is 0 Å². The fraction of sp³-hybridized carbons (Fsp3) is 0.667. The standard InChI is InChI=1S/C18H27N3O3/c1-20(2)17(22)21-9-6-16-18(13-21,7-4-10-24-16)14-23-12-15-5-3-8-19-11-15/h3,5,8,11,16H,4,6-7,9-10,12-14H2,1-2H3/t16-,18+/m1/s1. The van der Waals surface area contributed by atoms with E-state index in [-0.39, 0.29) is 17.6 Å². The molecule has 0 aromatic carbocycles. The highest BCUT2D eigenvalue weighted by Crippen LogP contribution is 2.40. The Morgan fingerprint density at radius 3 is 3.17 bits per heavy atom. The van der Waals surface area contributed by atoms with Crippen LogP contribution in [0.4, 0.5) is 4.79 Å². The molecular formula is C18H27N3O3. The Labute approximate surface area is 143 Å². The van der Waals surface area contributed by atoms with Crippen LogP contribution in [0, 0.1) is 5.41 Å². The Kier molecular flexibility index (Phi) is 5.36. The van der Waals surface area contributed by atoms with Crippen molar-refractivity contribution >= 4 is 6.03 Å². The van der Waals surface area contributed by atoms with Gasteiger partial charge in [0.1, 0.15) is 0 Å². The average molecular weight is 333 g/mol. The minimum Gasteiger partial charge on any atom is -0.377 e. The smallest absolute Gasteiger partial charge is 0.319 e. The number of piperidine rings is 1. The van der Waals surface area contributed by atoms with Gasteiger partial charge in [-0.1, -0.05) is 6.07 Å². The fourth-order valence-electron chi connectivity index (χ4n) is 3.80. The first-order valence-electron chi connectivity index (χ1n) is 8.65. The zero-order chi connectivity index (χ0) is 17.0. The van der Waals surface area contributed by atoms with Crippen LogP contribution in [0.2, 0.25) is 0 Å². The van der Waals surface area contributed by atoms with Gasteiger partial charge in [0.15, 0.2) is 0 Å². The lowest BCUT2D eigenvalue weighted by Gasteiger charge is -2.50. The number of hydrogen-bond donors (Lipinski definition) is 0. The number of rotatable bonds is 4. The van der Waals surface area contributed by atoms with E-state index in [9.17, 15) is 4.79 Å². The Hall–Kier alpha value is -1.66. The zero-order valence-corrected chi connectivity index (χ0v) is 14.6. The number of ether oxygens (including phenoxy) is 2. The molecule has 1 aromatic heterocycles. The normalized spacial score (nSPS) is 26.8. The molecule has 6 nitrogen and oxygen atoms in total. The summed E-state index contributed by atoms with van der Waals surface area (Å²) in [4.78, 5) is 20.1. The first-order chi connectivity index (χ1) is 11.6. The Morgan fingerprint density at radius 1 is 1.54 bits per heavy atom. The SMILES string of the molecule is CN(C)C(=O)N1CC[C@H]2OCCC[C@@]2(COCc2cccnc2)C1. The van der Waals surface area contributed by atoms with Gasteiger partial charge in [-0.15, -0.1) is 0 Å². The number of amides is 2. The molecule has 3 heterocycles. The first-order valence-corrected chi connectivity index (χ1v) is 8.65. The van der Waals surface area contributed by atoms with E-state index >= 15 is 0 Å². The number of urea groups is 1. The van der Waals surface area contributed by atoms with Crippen molar-refractivity contribution in [3.05, 3.63) is 30.1 Å². The number of hydrogen-bond acceptors (Lipinski definition) is 4. The van der Waals surface area contributed by atoms with Crippen LogP contribution in [0.1, 0.15) is 24.8 Å².